The number of rotatable bonds is 3. The Hall–Kier alpha value is -2.35. The van der Waals surface area contributed by atoms with E-state index in [4.69, 9.17) is 20.9 Å². The van der Waals surface area contributed by atoms with Gasteiger partial charge in [-0.2, -0.15) is 4.98 Å². The first-order chi connectivity index (χ1) is 12.8. The second kappa shape index (κ2) is 7.72. The van der Waals surface area contributed by atoms with Gasteiger partial charge in [0.05, 0.1) is 5.02 Å². The van der Waals surface area contributed by atoms with Crippen LogP contribution >= 0.6 is 11.6 Å². The van der Waals surface area contributed by atoms with Crippen LogP contribution in [0.3, 0.4) is 0 Å². The van der Waals surface area contributed by atoms with Crippen molar-refractivity contribution >= 4 is 23.5 Å². The molecule has 1 aliphatic rings. The SMILES string of the molecule is CCc1nc(-c2cnc(N3CCN(C(=O)OC(C)(C)C)CC3)c(Cl)c2)no1. The number of ether oxygens (including phenoxy) is 1. The van der Waals surface area contributed by atoms with Gasteiger partial charge in [0.15, 0.2) is 0 Å². The lowest BCUT2D eigenvalue weighted by Crippen LogP contribution is -2.50. The van der Waals surface area contributed by atoms with Crippen LogP contribution in [0.2, 0.25) is 5.02 Å². The summed E-state index contributed by atoms with van der Waals surface area (Å²) in [6.45, 7) is 9.90. The molecule has 0 bridgehead atoms. The molecule has 2 aromatic heterocycles. The molecule has 0 aromatic carbocycles. The van der Waals surface area contributed by atoms with E-state index in [-0.39, 0.29) is 6.09 Å². The molecule has 0 N–H and O–H groups in total. The Morgan fingerprint density at radius 2 is 2.00 bits per heavy atom. The molecule has 146 valence electrons. The second-order valence-electron chi connectivity index (χ2n) is 7.35. The quantitative estimate of drug-likeness (QED) is 0.789. The number of amides is 1. The van der Waals surface area contributed by atoms with Crippen molar-refractivity contribution < 1.29 is 14.1 Å². The summed E-state index contributed by atoms with van der Waals surface area (Å²) in [5.74, 6) is 1.73. The van der Waals surface area contributed by atoms with E-state index >= 15 is 0 Å². The molecule has 1 amide bonds. The maximum atomic E-state index is 12.2. The van der Waals surface area contributed by atoms with Gasteiger partial charge in [0, 0.05) is 44.4 Å². The lowest BCUT2D eigenvalue weighted by molar-refractivity contribution is 0.0240. The standard InChI is InChI=1S/C18H24ClN5O3/c1-5-14-21-15(22-27-14)12-10-13(19)16(20-11-12)23-6-8-24(9-7-23)17(25)26-18(2,3)4/h10-11H,5-9H2,1-4H3. The van der Waals surface area contributed by atoms with Gasteiger partial charge in [0.25, 0.3) is 0 Å². The largest absolute Gasteiger partial charge is 0.444 e. The Morgan fingerprint density at radius 1 is 1.30 bits per heavy atom. The highest BCUT2D eigenvalue weighted by atomic mass is 35.5. The van der Waals surface area contributed by atoms with Gasteiger partial charge < -0.3 is 19.1 Å². The molecule has 0 radical (unpaired) electrons. The summed E-state index contributed by atoms with van der Waals surface area (Å²) in [6.07, 6.45) is 2.07. The topological polar surface area (TPSA) is 84.6 Å². The molecule has 3 rings (SSSR count). The van der Waals surface area contributed by atoms with Crippen LogP contribution in [0.15, 0.2) is 16.8 Å². The molecule has 3 heterocycles. The summed E-state index contributed by atoms with van der Waals surface area (Å²) in [6, 6.07) is 1.79. The molecule has 0 unspecified atom stereocenters. The number of anilines is 1. The number of carbonyl (C=O) groups excluding carboxylic acids is 1. The van der Waals surface area contributed by atoms with Crippen LogP contribution in [-0.2, 0) is 11.2 Å². The third kappa shape index (κ3) is 4.68. The van der Waals surface area contributed by atoms with Crippen molar-refractivity contribution in [3.05, 3.63) is 23.2 Å². The van der Waals surface area contributed by atoms with E-state index in [0.29, 0.717) is 60.7 Å². The Labute approximate surface area is 163 Å². The number of hydrogen-bond acceptors (Lipinski definition) is 7. The summed E-state index contributed by atoms with van der Waals surface area (Å²) in [5.41, 5.74) is 0.210. The predicted molar refractivity (Wildman–Crippen MR) is 102 cm³/mol. The fraction of sp³-hybridized carbons (Fsp3) is 0.556. The first-order valence-corrected chi connectivity index (χ1v) is 9.36. The Bertz CT molecular complexity index is 810. The molecular formula is C18H24ClN5O3. The van der Waals surface area contributed by atoms with Crippen LogP contribution in [0.4, 0.5) is 10.6 Å². The minimum Gasteiger partial charge on any atom is -0.444 e. The third-order valence-corrected chi connectivity index (χ3v) is 4.36. The van der Waals surface area contributed by atoms with Gasteiger partial charge in [0.1, 0.15) is 11.4 Å². The number of aromatic nitrogens is 3. The van der Waals surface area contributed by atoms with Crippen LogP contribution in [-0.4, -0.2) is 57.9 Å². The Morgan fingerprint density at radius 3 is 2.56 bits per heavy atom. The van der Waals surface area contributed by atoms with Crippen LogP contribution in [0.1, 0.15) is 33.6 Å². The number of aryl methyl sites for hydroxylation is 1. The fourth-order valence-corrected chi connectivity index (χ4v) is 3.01. The molecule has 1 aliphatic heterocycles. The lowest BCUT2D eigenvalue weighted by Gasteiger charge is -2.36. The normalized spacial score (nSPS) is 15.1. The van der Waals surface area contributed by atoms with Crippen LogP contribution in [0.5, 0.6) is 0 Å². The molecule has 2 aromatic rings. The summed E-state index contributed by atoms with van der Waals surface area (Å²) < 4.78 is 10.6. The molecule has 0 spiro atoms. The number of piperazine rings is 1. The predicted octanol–water partition coefficient (Wildman–Crippen LogP) is 3.40. The highest BCUT2D eigenvalue weighted by Crippen LogP contribution is 2.28. The molecule has 1 saturated heterocycles. The molecule has 27 heavy (non-hydrogen) atoms. The first-order valence-electron chi connectivity index (χ1n) is 8.98. The molecule has 0 aliphatic carbocycles. The van der Waals surface area contributed by atoms with Crippen LogP contribution in [0, 0.1) is 0 Å². The average molecular weight is 394 g/mol. The van der Waals surface area contributed by atoms with Gasteiger partial charge in [-0.05, 0) is 26.8 Å². The van der Waals surface area contributed by atoms with Crippen molar-refractivity contribution in [3.63, 3.8) is 0 Å². The van der Waals surface area contributed by atoms with E-state index < -0.39 is 5.60 Å². The van der Waals surface area contributed by atoms with Crippen LogP contribution in [0.25, 0.3) is 11.4 Å². The van der Waals surface area contributed by atoms with Crippen molar-refractivity contribution in [2.24, 2.45) is 0 Å². The van der Waals surface area contributed by atoms with Crippen molar-refractivity contribution in [2.75, 3.05) is 31.1 Å². The third-order valence-electron chi connectivity index (χ3n) is 4.08. The van der Waals surface area contributed by atoms with Crippen molar-refractivity contribution in [1.29, 1.82) is 0 Å². The van der Waals surface area contributed by atoms with E-state index in [2.05, 4.69) is 20.0 Å². The maximum Gasteiger partial charge on any atom is 0.410 e. The molecule has 8 nitrogen and oxygen atoms in total. The van der Waals surface area contributed by atoms with Gasteiger partial charge in [0.2, 0.25) is 11.7 Å². The van der Waals surface area contributed by atoms with Gasteiger partial charge in [-0.25, -0.2) is 9.78 Å². The molecule has 9 heteroatoms. The first kappa shape index (κ1) is 19.4. The van der Waals surface area contributed by atoms with Crippen molar-refractivity contribution in [1.82, 2.24) is 20.0 Å². The highest BCUT2D eigenvalue weighted by Gasteiger charge is 2.27. The molecule has 1 fully saturated rings. The minimum atomic E-state index is -0.498. The van der Waals surface area contributed by atoms with Crippen LogP contribution < -0.4 is 4.90 Å². The fourth-order valence-electron chi connectivity index (χ4n) is 2.73. The highest BCUT2D eigenvalue weighted by molar-refractivity contribution is 6.33. The van der Waals surface area contributed by atoms with Crippen molar-refractivity contribution in [2.45, 2.75) is 39.7 Å². The maximum absolute atomic E-state index is 12.2. The average Bonchev–Trinajstić information content (AvgIpc) is 3.09. The zero-order chi connectivity index (χ0) is 19.6. The van der Waals surface area contributed by atoms with Crippen molar-refractivity contribution in [3.8, 4) is 11.4 Å². The van der Waals surface area contributed by atoms with Gasteiger partial charge in [-0.15, -0.1) is 0 Å². The molecular weight excluding hydrogens is 370 g/mol. The zero-order valence-electron chi connectivity index (χ0n) is 16.0. The van der Waals surface area contributed by atoms with E-state index in [0.717, 1.165) is 0 Å². The van der Waals surface area contributed by atoms with E-state index in [9.17, 15) is 4.79 Å². The smallest absolute Gasteiger partial charge is 0.410 e. The van der Waals surface area contributed by atoms with Gasteiger partial charge in [-0.1, -0.05) is 23.7 Å². The van der Waals surface area contributed by atoms with E-state index in [1.54, 1.807) is 17.2 Å². The molecule has 0 saturated carbocycles. The number of pyridine rings is 1. The van der Waals surface area contributed by atoms with E-state index in [1.165, 1.54) is 0 Å². The zero-order valence-corrected chi connectivity index (χ0v) is 16.8. The number of nitrogens with zero attached hydrogens (tertiary/aromatic N) is 5. The Balaban J connectivity index is 1.65. The minimum absolute atomic E-state index is 0.291. The number of hydrogen-bond donors (Lipinski definition) is 0. The number of carbonyl (C=O) groups is 1. The summed E-state index contributed by atoms with van der Waals surface area (Å²) >= 11 is 6.44. The summed E-state index contributed by atoms with van der Waals surface area (Å²) in [4.78, 5) is 24.7. The molecule has 0 atom stereocenters. The monoisotopic (exact) mass is 393 g/mol. The number of halogens is 1. The Kier molecular flexibility index (Phi) is 5.55. The van der Waals surface area contributed by atoms with E-state index in [1.807, 2.05) is 27.7 Å². The second-order valence-corrected chi connectivity index (χ2v) is 7.76. The van der Waals surface area contributed by atoms with Gasteiger partial charge >= 0.3 is 6.09 Å². The summed E-state index contributed by atoms with van der Waals surface area (Å²) in [5, 5.41) is 4.46. The lowest BCUT2D eigenvalue weighted by atomic mass is 10.2. The van der Waals surface area contributed by atoms with Gasteiger partial charge in [-0.3, -0.25) is 0 Å². The summed E-state index contributed by atoms with van der Waals surface area (Å²) in [7, 11) is 0.